The maximum Gasteiger partial charge on any atom is 0.190 e. The summed E-state index contributed by atoms with van der Waals surface area (Å²) in [6.07, 6.45) is 3.41. The highest BCUT2D eigenvalue weighted by Crippen LogP contribution is 2.21. The number of hydrogen-bond donors (Lipinski definition) is 2. The van der Waals surface area contributed by atoms with E-state index in [1.807, 2.05) is 26.1 Å². The van der Waals surface area contributed by atoms with Crippen LogP contribution < -0.4 is 10.6 Å². The quantitative estimate of drug-likeness (QED) is 0.231. The highest BCUT2D eigenvalue weighted by Gasteiger charge is 2.20. The van der Waals surface area contributed by atoms with Crippen LogP contribution in [0, 0.1) is 5.92 Å². The third-order valence-corrected chi connectivity index (χ3v) is 5.17. The molecule has 1 aliphatic rings. The van der Waals surface area contributed by atoms with Gasteiger partial charge in [0.05, 0.1) is 0 Å². The second kappa shape index (κ2) is 14.4. The van der Waals surface area contributed by atoms with Crippen LogP contribution in [0.3, 0.4) is 0 Å². The second-order valence-electron chi connectivity index (χ2n) is 6.74. The fourth-order valence-electron chi connectivity index (χ4n) is 3.20. The van der Waals surface area contributed by atoms with Crippen LogP contribution in [-0.4, -0.2) is 57.3 Å². The average molecular weight is 509 g/mol. The van der Waals surface area contributed by atoms with Crippen molar-refractivity contribution < 1.29 is 4.74 Å². The molecule has 7 heteroatoms. The van der Waals surface area contributed by atoms with Crippen LogP contribution in [-0.2, 0) is 11.3 Å². The Labute approximate surface area is 186 Å². The molecule has 1 heterocycles. The summed E-state index contributed by atoms with van der Waals surface area (Å²) in [5.74, 6) is 1.58. The Bertz CT molecular complexity index is 551. The van der Waals surface area contributed by atoms with Crippen LogP contribution in [0.1, 0.15) is 31.7 Å². The zero-order valence-corrected chi connectivity index (χ0v) is 19.6. The summed E-state index contributed by atoms with van der Waals surface area (Å²) in [7, 11) is 1.82. The number of rotatable bonds is 9. The number of aliphatic imine (C=N–C) groups is 1. The van der Waals surface area contributed by atoms with Gasteiger partial charge in [0.2, 0.25) is 0 Å². The number of nitrogens with zero attached hydrogens (tertiary/aromatic N) is 2. The van der Waals surface area contributed by atoms with Gasteiger partial charge in [-0.3, -0.25) is 9.89 Å². The molecule has 0 aliphatic carbocycles. The molecule has 2 N–H and O–H groups in total. The van der Waals surface area contributed by atoms with Gasteiger partial charge >= 0.3 is 0 Å². The highest BCUT2D eigenvalue weighted by molar-refractivity contribution is 14.0. The molecule has 2 rings (SSSR count). The lowest BCUT2D eigenvalue weighted by atomic mass is 9.96. The molecule has 1 fully saturated rings. The number of likely N-dealkylation sites (tertiary alicyclic amines) is 1. The van der Waals surface area contributed by atoms with Gasteiger partial charge in [0.15, 0.2) is 5.96 Å². The average Bonchev–Trinajstić information content (AvgIpc) is 2.67. The maximum absolute atomic E-state index is 6.28. The maximum atomic E-state index is 6.28. The van der Waals surface area contributed by atoms with Crippen LogP contribution in [0.15, 0.2) is 29.3 Å². The Hall–Kier alpha value is -0.570. The van der Waals surface area contributed by atoms with Crippen LogP contribution in [0.4, 0.5) is 0 Å². The molecule has 0 radical (unpaired) electrons. The molecule has 27 heavy (non-hydrogen) atoms. The van der Waals surface area contributed by atoms with E-state index in [4.69, 9.17) is 16.3 Å². The van der Waals surface area contributed by atoms with E-state index in [-0.39, 0.29) is 24.0 Å². The van der Waals surface area contributed by atoms with Gasteiger partial charge < -0.3 is 15.4 Å². The van der Waals surface area contributed by atoms with Crippen molar-refractivity contribution in [2.75, 3.05) is 46.4 Å². The van der Waals surface area contributed by atoms with E-state index < -0.39 is 0 Å². The lowest BCUT2D eigenvalue weighted by molar-refractivity contribution is 0.145. The number of benzene rings is 1. The van der Waals surface area contributed by atoms with Gasteiger partial charge in [0.1, 0.15) is 0 Å². The Morgan fingerprint density at radius 1 is 1.26 bits per heavy atom. The van der Waals surface area contributed by atoms with Crippen LogP contribution in [0.5, 0.6) is 0 Å². The minimum atomic E-state index is 0. The van der Waals surface area contributed by atoms with E-state index in [0.717, 1.165) is 63.3 Å². The van der Waals surface area contributed by atoms with E-state index in [9.17, 15) is 0 Å². The van der Waals surface area contributed by atoms with E-state index in [2.05, 4.69) is 32.7 Å². The van der Waals surface area contributed by atoms with Crippen molar-refractivity contribution in [1.29, 1.82) is 0 Å². The van der Waals surface area contributed by atoms with Crippen molar-refractivity contribution in [1.82, 2.24) is 15.5 Å². The first kappa shape index (κ1) is 24.5. The van der Waals surface area contributed by atoms with E-state index in [1.54, 1.807) is 0 Å². The van der Waals surface area contributed by atoms with Gasteiger partial charge in [0.25, 0.3) is 0 Å². The first-order valence-corrected chi connectivity index (χ1v) is 10.1. The SMILES string of the molecule is CCOCCCNC(=NC)NCC1CCN(Cc2ccccc2Cl)CC1.I. The predicted molar refractivity (Wildman–Crippen MR) is 125 cm³/mol. The molecule has 5 nitrogen and oxygen atoms in total. The zero-order chi connectivity index (χ0) is 18.6. The first-order chi connectivity index (χ1) is 12.7. The molecule has 0 atom stereocenters. The van der Waals surface area contributed by atoms with E-state index in [1.165, 1.54) is 18.4 Å². The molecule has 0 unspecified atom stereocenters. The third-order valence-electron chi connectivity index (χ3n) is 4.80. The molecule has 0 aromatic heterocycles. The molecule has 0 bridgehead atoms. The minimum absolute atomic E-state index is 0. The summed E-state index contributed by atoms with van der Waals surface area (Å²) in [6.45, 7) is 8.65. The Balaban J connectivity index is 0.00000364. The molecular weight excluding hydrogens is 475 g/mol. The Morgan fingerprint density at radius 2 is 2.00 bits per heavy atom. The molecule has 0 saturated carbocycles. The van der Waals surface area contributed by atoms with Gasteiger partial charge in [-0.2, -0.15) is 0 Å². The fraction of sp³-hybridized carbons (Fsp3) is 0.650. The van der Waals surface area contributed by atoms with Crippen molar-refractivity contribution in [3.8, 4) is 0 Å². The fourth-order valence-corrected chi connectivity index (χ4v) is 3.40. The van der Waals surface area contributed by atoms with Crippen molar-refractivity contribution in [2.24, 2.45) is 10.9 Å². The van der Waals surface area contributed by atoms with Crippen molar-refractivity contribution in [3.63, 3.8) is 0 Å². The first-order valence-electron chi connectivity index (χ1n) is 9.71. The summed E-state index contributed by atoms with van der Waals surface area (Å²) >= 11 is 6.28. The molecule has 0 spiro atoms. The summed E-state index contributed by atoms with van der Waals surface area (Å²) in [4.78, 5) is 6.80. The minimum Gasteiger partial charge on any atom is -0.382 e. The summed E-state index contributed by atoms with van der Waals surface area (Å²) < 4.78 is 5.35. The van der Waals surface area contributed by atoms with Crippen LogP contribution >= 0.6 is 35.6 Å². The number of ether oxygens (including phenoxy) is 1. The Morgan fingerprint density at radius 3 is 2.67 bits per heavy atom. The third kappa shape index (κ3) is 9.45. The topological polar surface area (TPSA) is 48.9 Å². The Kier molecular flexibility index (Phi) is 13.1. The van der Waals surface area contributed by atoms with Crippen LogP contribution in [0.25, 0.3) is 0 Å². The number of guanidine groups is 1. The van der Waals surface area contributed by atoms with Gasteiger partial charge in [-0.15, -0.1) is 24.0 Å². The van der Waals surface area contributed by atoms with Crippen molar-refractivity contribution in [3.05, 3.63) is 34.9 Å². The van der Waals surface area contributed by atoms with Gasteiger partial charge in [-0.05, 0) is 56.8 Å². The highest BCUT2D eigenvalue weighted by atomic mass is 127. The van der Waals surface area contributed by atoms with Crippen LogP contribution in [0.2, 0.25) is 5.02 Å². The zero-order valence-electron chi connectivity index (χ0n) is 16.5. The van der Waals surface area contributed by atoms with Gasteiger partial charge in [-0.1, -0.05) is 29.8 Å². The van der Waals surface area contributed by atoms with Gasteiger partial charge in [-0.25, -0.2) is 0 Å². The number of nitrogens with one attached hydrogen (secondary N) is 2. The summed E-state index contributed by atoms with van der Waals surface area (Å²) in [5.41, 5.74) is 1.22. The predicted octanol–water partition coefficient (Wildman–Crippen LogP) is 3.76. The summed E-state index contributed by atoms with van der Waals surface area (Å²) in [6, 6.07) is 8.14. The number of piperidine rings is 1. The second-order valence-corrected chi connectivity index (χ2v) is 7.15. The van der Waals surface area contributed by atoms with Crippen molar-refractivity contribution >= 4 is 41.5 Å². The molecule has 1 saturated heterocycles. The lowest BCUT2D eigenvalue weighted by Gasteiger charge is -2.32. The largest absolute Gasteiger partial charge is 0.382 e. The molecular formula is C20H34ClIN4O. The smallest absolute Gasteiger partial charge is 0.190 e. The monoisotopic (exact) mass is 508 g/mol. The molecule has 1 aromatic carbocycles. The molecule has 1 aliphatic heterocycles. The molecule has 0 amide bonds. The lowest BCUT2D eigenvalue weighted by Crippen LogP contribution is -2.43. The summed E-state index contributed by atoms with van der Waals surface area (Å²) in [5, 5.41) is 7.68. The van der Waals surface area contributed by atoms with Gasteiger partial charge in [0, 0.05) is 44.9 Å². The van der Waals surface area contributed by atoms with E-state index >= 15 is 0 Å². The standard InChI is InChI=1S/C20H33ClN4O.HI/c1-3-26-14-6-11-23-20(22-2)24-15-17-9-12-25(13-10-17)16-18-7-4-5-8-19(18)21;/h4-5,7-8,17H,3,6,9-16H2,1-2H3,(H2,22,23,24);1H. The molecule has 154 valence electrons. The number of halogens is 2. The number of hydrogen-bond acceptors (Lipinski definition) is 3. The van der Waals surface area contributed by atoms with E-state index in [0.29, 0.717) is 5.92 Å². The normalized spacial score (nSPS) is 16.0. The molecule has 1 aromatic rings. The van der Waals surface area contributed by atoms with Crippen molar-refractivity contribution in [2.45, 2.75) is 32.7 Å².